The molecule has 7 nitrogen and oxygen atoms in total. The van der Waals surface area contributed by atoms with E-state index in [0.717, 1.165) is 18.4 Å². The van der Waals surface area contributed by atoms with Gasteiger partial charge in [-0.25, -0.2) is 0 Å². The first-order chi connectivity index (χ1) is 11.4. The van der Waals surface area contributed by atoms with Crippen LogP contribution in [0.4, 0.5) is 5.69 Å². The van der Waals surface area contributed by atoms with Gasteiger partial charge in [-0.15, -0.1) is 0 Å². The van der Waals surface area contributed by atoms with E-state index in [1.165, 1.54) is 4.90 Å². The molecule has 2 amide bonds. The highest BCUT2D eigenvalue weighted by Crippen LogP contribution is 2.35. The summed E-state index contributed by atoms with van der Waals surface area (Å²) in [5, 5.41) is 11.7. The number of benzene rings is 1. The number of nitrogens with one attached hydrogen (secondary N) is 1. The minimum absolute atomic E-state index is 0.155. The number of carbonyl (C=O) groups is 3. The highest BCUT2D eigenvalue weighted by Gasteiger charge is 2.36. The Morgan fingerprint density at radius 1 is 1.38 bits per heavy atom. The van der Waals surface area contributed by atoms with E-state index in [4.69, 9.17) is 9.84 Å². The minimum atomic E-state index is -1.13. The number of carboxylic acids is 1. The van der Waals surface area contributed by atoms with Gasteiger partial charge in [-0.2, -0.15) is 0 Å². The molecule has 7 heteroatoms. The molecule has 0 aliphatic carbocycles. The number of nitrogens with zero attached hydrogens (tertiary/aromatic N) is 1. The van der Waals surface area contributed by atoms with Crippen LogP contribution in [-0.2, 0) is 14.4 Å². The van der Waals surface area contributed by atoms with Gasteiger partial charge in [0.05, 0.1) is 12.1 Å². The van der Waals surface area contributed by atoms with Gasteiger partial charge in [-0.1, -0.05) is 19.4 Å². The number of carboxylic acid groups (broad SMARTS) is 1. The van der Waals surface area contributed by atoms with Crippen LogP contribution in [0.2, 0.25) is 0 Å². The average molecular weight is 334 g/mol. The number of unbranched alkanes of at least 4 members (excludes halogenated alkanes) is 1. The zero-order chi connectivity index (χ0) is 17.7. The van der Waals surface area contributed by atoms with Gasteiger partial charge in [0, 0.05) is 6.54 Å². The van der Waals surface area contributed by atoms with Gasteiger partial charge in [0.1, 0.15) is 12.3 Å². The molecule has 1 heterocycles. The van der Waals surface area contributed by atoms with E-state index >= 15 is 0 Å². The highest BCUT2D eigenvalue weighted by molar-refractivity contribution is 6.04. The summed E-state index contributed by atoms with van der Waals surface area (Å²) in [6.07, 6.45) is 0.250. The lowest BCUT2D eigenvalue weighted by Gasteiger charge is -2.33. The lowest BCUT2D eigenvalue weighted by atomic mass is 10.1. The molecular formula is C17H22N2O5. The molecule has 1 aromatic rings. The van der Waals surface area contributed by atoms with Crippen molar-refractivity contribution in [2.24, 2.45) is 0 Å². The minimum Gasteiger partial charge on any atom is -0.481 e. The Morgan fingerprint density at radius 2 is 2.12 bits per heavy atom. The van der Waals surface area contributed by atoms with Crippen molar-refractivity contribution in [3.05, 3.63) is 23.8 Å². The number of amides is 2. The molecule has 2 rings (SSSR count). The van der Waals surface area contributed by atoms with Gasteiger partial charge in [-0.3, -0.25) is 19.3 Å². The summed E-state index contributed by atoms with van der Waals surface area (Å²) >= 11 is 0. The van der Waals surface area contributed by atoms with E-state index in [-0.39, 0.29) is 12.5 Å². The molecule has 0 fully saturated rings. The smallest absolute Gasteiger partial charge is 0.307 e. The Kier molecular flexibility index (Phi) is 5.78. The molecule has 0 saturated heterocycles. The zero-order valence-electron chi connectivity index (χ0n) is 13.9. The summed E-state index contributed by atoms with van der Waals surface area (Å²) in [5.74, 6) is -1.50. The first kappa shape index (κ1) is 17.8. The molecule has 0 saturated carbocycles. The third-order valence-electron chi connectivity index (χ3n) is 3.73. The predicted molar refractivity (Wildman–Crippen MR) is 88.1 cm³/mol. The van der Waals surface area contributed by atoms with Crippen molar-refractivity contribution in [1.82, 2.24) is 5.32 Å². The van der Waals surface area contributed by atoms with Crippen molar-refractivity contribution in [2.75, 3.05) is 18.0 Å². The molecule has 130 valence electrons. The van der Waals surface area contributed by atoms with Crippen molar-refractivity contribution < 1.29 is 24.2 Å². The molecule has 1 atom stereocenters. The first-order valence-corrected chi connectivity index (χ1v) is 7.99. The van der Waals surface area contributed by atoms with Crippen molar-refractivity contribution in [2.45, 2.75) is 39.2 Å². The van der Waals surface area contributed by atoms with Crippen molar-refractivity contribution in [3.63, 3.8) is 0 Å². The lowest BCUT2D eigenvalue weighted by Crippen LogP contribution is -2.50. The van der Waals surface area contributed by atoms with Crippen LogP contribution >= 0.6 is 0 Å². The van der Waals surface area contributed by atoms with Crippen molar-refractivity contribution >= 4 is 23.5 Å². The standard InChI is InChI=1S/C17H22N2O5/c1-3-4-7-18-15(20)10-19-12-6-5-11(2)8-13(12)24-14(17(19)23)9-16(21)22/h5-6,8,14H,3-4,7,9-10H2,1-2H3,(H,18,20)(H,21,22). The van der Waals surface area contributed by atoms with E-state index in [2.05, 4.69) is 5.32 Å². The number of carbonyl (C=O) groups excluding carboxylic acids is 2. The molecule has 1 unspecified atom stereocenters. The highest BCUT2D eigenvalue weighted by atomic mass is 16.5. The summed E-state index contributed by atoms with van der Waals surface area (Å²) in [7, 11) is 0. The largest absolute Gasteiger partial charge is 0.481 e. The molecule has 24 heavy (non-hydrogen) atoms. The maximum Gasteiger partial charge on any atom is 0.307 e. The number of aryl methyl sites for hydroxylation is 1. The van der Waals surface area contributed by atoms with Gasteiger partial charge in [0.2, 0.25) is 5.91 Å². The van der Waals surface area contributed by atoms with E-state index in [1.807, 2.05) is 19.9 Å². The van der Waals surface area contributed by atoms with Gasteiger partial charge in [0.15, 0.2) is 6.10 Å². The second-order valence-corrected chi connectivity index (χ2v) is 5.80. The quantitative estimate of drug-likeness (QED) is 0.736. The predicted octanol–water partition coefficient (Wildman–Crippen LogP) is 1.48. The van der Waals surface area contributed by atoms with Crippen LogP contribution in [0.1, 0.15) is 31.7 Å². The summed E-state index contributed by atoms with van der Waals surface area (Å²) in [5.41, 5.74) is 1.41. The summed E-state index contributed by atoms with van der Waals surface area (Å²) in [6.45, 7) is 4.28. The first-order valence-electron chi connectivity index (χ1n) is 7.99. The maximum absolute atomic E-state index is 12.5. The third-order valence-corrected chi connectivity index (χ3v) is 3.73. The molecule has 0 spiro atoms. The molecule has 0 radical (unpaired) electrons. The Morgan fingerprint density at radius 3 is 2.79 bits per heavy atom. The van der Waals surface area contributed by atoms with Crippen LogP contribution in [0.15, 0.2) is 18.2 Å². The van der Waals surface area contributed by atoms with E-state index < -0.39 is 24.4 Å². The third kappa shape index (κ3) is 4.24. The zero-order valence-corrected chi connectivity index (χ0v) is 13.9. The summed E-state index contributed by atoms with van der Waals surface area (Å²) in [4.78, 5) is 36.9. The second kappa shape index (κ2) is 7.81. The van der Waals surface area contributed by atoms with Gasteiger partial charge < -0.3 is 15.2 Å². The van der Waals surface area contributed by atoms with Gasteiger partial charge in [-0.05, 0) is 31.0 Å². The van der Waals surface area contributed by atoms with Crippen LogP contribution in [0.25, 0.3) is 0 Å². The van der Waals surface area contributed by atoms with Crippen LogP contribution < -0.4 is 15.0 Å². The monoisotopic (exact) mass is 334 g/mol. The van der Waals surface area contributed by atoms with Crippen LogP contribution in [0, 0.1) is 6.92 Å². The molecule has 1 aliphatic rings. The fraction of sp³-hybridized carbons (Fsp3) is 0.471. The van der Waals surface area contributed by atoms with Crippen molar-refractivity contribution in [1.29, 1.82) is 0 Å². The maximum atomic E-state index is 12.5. The molecule has 2 N–H and O–H groups in total. The van der Waals surface area contributed by atoms with E-state index in [9.17, 15) is 14.4 Å². The number of hydrogen-bond donors (Lipinski definition) is 2. The SMILES string of the molecule is CCCCNC(=O)CN1C(=O)C(CC(=O)O)Oc2cc(C)ccc21. The Bertz CT molecular complexity index is 644. The van der Waals surface area contributed by atoms with Gasteiger partial charge in [0.25, 0.3) is 5.91 Å². The Labute approximate surface area is 140 Å². The van der Waals surface area contributed by atoms with E-state index in [0.29, 0.717) is 18.0 Å². The van der Waals surface area contributed by atoms with Crippen LogP contribution in [0.3, 0.4) is 0 Å². The van der Waals surface area contributed by atoms with Crippen molar-refractivity contribution in [3.8, 4) is 5.75 Å². The molecular weight excluding hydrogens is 312 g/mol. The summed E-state index contributed by atoms with van der Waals surface area (Å²) < 4.78 is 5.54. The number of rotatable bonds is 7. The van der Waals surface area contributed by atoms with E-state index in [1.54, 1.807) is 12.1 Å². The number of fused-ring (bicyclic) bond motifs is 1. The summed E-state index contributed by atoms with van der Waals surface area (Å²) in [6, 6.07) is 5.26. The fourth-order valence-corrected chi connectivity index (χ4v) is 2.49. The normalized spacial score (nSPS) is 16.3. The molecule has 1 aromatic carbocycles. The number of aliphatic carboxylic acids is 1. The Balaban J connectivity index is 2.21. The average Bonchev–Trinajstić information content (AvgIpc) is 2.51. The molecule has 1 aliphatic heterocycles. The molecule has 0 aromatic heterocycles. The number of hydrogen-bond acceptors (Lipinski definition) is 4. The Hall–Kier alpha value is -2.57. The molecule has 0 bridgehead atoms. The van der Waals surface area contributed by atoms with Crippen LogP contribution in [-0.4, -0.2) is 42.1 Å². The van der Waals surface area contributed by atoms with Crippen LogP contribution in [0.5, 0.6) is 5.75 Å². The number of anilines is 1. The fourth-order valence-electron chi connectivity index (χ4n) is 2.49. The van der Waals surface area contributed by atoms with Gasteiger partial charge >= 0.3 is 5.97 Å². The lowest BCUT2D eigenvalue weighted by molar-refractivity contribution is -0.142. The topological polar surface area (TPSA) is 95.9 Å². The second-order valence-electron chi connectivity index (χ2n) is 5.80. The number of ether oxygens (including phenoxy) is 1.